The molecule has 5 rings (SSSR count). The highest BCUT2D eigenvalue weighted by Gasteiger charge is 2.42. The van der Waals surface area contributed by atoms with Crippen molar-refractivity contribution in [1.82, 2.24) is 0 Å². The zero-order valence-electron chi connectivity index (χ0n) is 20.3. The summed E-state index contributed by atoms with van der Waals surface area (Å²) in [5.41, 5.74) is 3.98. The highest BCUT2D eigenvalue weighted by Crippen LogP contribution is 2.49. The number of allylic oxidation sites excluding steroid dienone is 2. The fourth-order valence-electron chi connectivity index (χ4n) is 5.78. The van der Waals surface area contributed by atoms with Crippen LogP contribution in [0.1, 0.15) is 78.9 Å². The Balaban J connectivity index is 1.67. The Kier molecular flexibility index (Phi) is 6.66. The van der Waals surface area contributed by atoms with Crippen LogP contribution in [0, 0.1) is 11.3 Å². The molecule has 0 unspecified atom stereocenters. The molecule has 0 saturated heterocycles. The molecule has 2 heterocycles. The lowest BCUT2D eigenvalue weighted by Gasteiger charge is -2.38. The lowest BCUT2D eigenvalue weighted by Crippen LogP contribution is -2.40. The van der Waals surface area contributed by atoms with Gasteiger partial charge in [-0.2, -0.15) is 5.26 Å². The van der Waals surface area contributed by atoms with Gasteiger partial charge < -0.3 is 9.47 Å². The number of fused-ring (bicyclic) bond motifs is 1. The van der Waals surface area contributed by atoms with Crippen molar-refractivity contribution in [2.24, 2.45) is 0 Å². The largest absolute Gasteiger partial charge is 0.497 e. The van der Waals surface area contributed by atoms with Crippen molar-refractivity contribution >= 4 is 28.0 Å². The number of nitriles is 1. The molecule has 0 saturated carbocycles. The molecule has 0 radical (unpaired) electrons. The normalized spacial score (nSPS) is 20.5. The number of carbonyl (C=O) groups excluding carboxylic acids is 2. The summed E-state index contributed by atoms with van der Waals surface area (Å²) < 4.78 is 11.1. The van der Waals surface area contributed by atoms with Crippen LogP contribution in [0.15, 0.2) is 29.5 Å². The fraction of sp³-hybridized carbons (Fsp3) is 0.464. The number of anilines is 1. The van der Waals surface area contributed by atoms with Crippen molar-refractivity contribution in [2.75, 3.05) is 19.1 Å². The standard InChI is InChI=1S/C28H30N2O4S/c1-33-17-12-13-24(34-2)19(14-17)20-15-26(32)30(22-9-7-10-23(31)27(20)22)28-21(16-29)18-8-5-3-4-6-11-25(18)35-28/h12-14,20H,3-11,15H2,1-2H3/t20-/m0/s1. The molecular weight excluding hydrogens is 460 g/mol. The summed E-state index contributed by atoms with van der Waals surface area (Å²) in [6.07, 6.45) is 8.34. The third kappa shape index (κ3) is 4.14. The van der Waals surface area contributed by atoms with Crippen molar-refractivity contribution in [1.29, 1.82) is 5.26 Å². The maximum Gasteiger partial charge on any atom is 0.232 e. The summed E-state index contributed by atoms with van der Waals surface area (Å²) in [6, 6.07) is 7.94. The van der Waals surface area contributed by atoms with Crippen LogP contribution < -0.4 is 14.4 Å². The highest BCUT2D eigenvalue weighted by atomic mass is 32.1. The number of nitrogens with zero attached hydrogens (tertiary/aromatic N) is 2. The van der Waals surface area contributed by atoms with Gasteiger partial charge in [-0.1, -0.05) is 12.8 Å². The molecule has 6 nitrogen and oxygen atoms in total. The van der Waals surface area contributed by atoms with Crippen LogP contribution in [0.3, 0.4) is 0 Å². The van der Waals surface area contributed by atoms with Crippen LogP contribution >= 0.6 is 11.3 Å². The first-order chi connectivity index (χ1) is 17.1. The SMILES string of the molecule is COc1ccc(OC)c([C@@H]2CC(=O)N(c3sc4c(c3C#N)CCCCCC4)C3=C2C(=O)CCC3)c1. The molecule has 2 aromatic rings. The van der Waals surface area contributed by atoms with Crippen molar-refractivity contribution in [3.05, 3.63) is 51.0 Å². The molecule has 1 aromatic carbocycles. The van der Waals surface area contributed by atoms with Crippen molar-refractivity contribution in [3.63, 3.8) is 0 Å². The van der Waals surface area contributed by atoms with Gasteiger partial charge >= 0.3 is 0 Å². The minimum absolute atomic E-state index is 0.0703. The molecule has 1 atom stereocenters. The van der Waals surface area contributed by atoms with E-state index in [-0.39, 0.29) is 18.1 Å². The monoisotopic (exact) mass is 490 g/mol. The van der Waals surface area contributed by atoms with Gasteiger partial charge in [0.15, 0.2) is 5.78 Å². The Labute approximate surface area is 210 Å². The number of ether oxygens (including phenoxy) is 2. The Morgan fingerprint density at radius 2 is 1.80 bits per heavy atom. The number of rotatable bonds is 4. The topological polar surface area (TPSA) is 79.6 Å². The first kappa shape index (κ1) is 23.6. The molecule has 1 amide bonds. The lowest BCUT2D eigenvalue weighted by molar-refractivity contribution is -0.119. The second kappa shape index (κ2) is 9.87. The Morgan fingerprint density at radius 3 is 2.54 bits per heavy atom. The second-order valence-corrected chi connectivity index (χ2v) is 10.5. The highest BCUT2D eigenvalue weighted by molar-refractivity contribution is 7.16. The quantitative estimate of drug-likeness (QED) is 0.539. The Morgan fingerprint density at radius 1 is 1.00 bits per heavy atom. The number of hydrogen-bond acceptors (Lipinski definition) is 6. The molecule has 0 fully saturated rings. The van der Waals surface area contributed by atoms with Crippen LogP contribution in [0.2, 0.25) is 0 Å². The summed E-state index contributed by atoms with van der Waals surface area (Å²) in [4.78, 5) is 30.1. The van der Waals surface area contributed by atoms with E-state index in [2.05, 4.69) is 6.07 Å². The number of methoxy groups -OCH3 is 2. The first-order valence-corrected chi connectivity index (χ1v) is 13.2. The predicted molar refractivity (Wildman–Crippen MR) is 135 cm³/mol. The van der Waals surface area contributed by atoms with E-state index < -0.39 is 5.92 Å². The van der Waals surface area contributed by atoms with Crippen molar-refractivity contribution in [2.45, 2.75) is 70.1 Å². The smallest absolute Gasteiger partial charge is 0.232 e. The first-order valence-electron chi connectivity index (χ1n) is 12.4. The van der Waals surface area contributed by atoms with Crippen LogP contribution in [0.4, 0.5) is 5.00 Å². The molecule has 7 heteroatoms. The van der Waals surface area contributed by atoms with E-state index in [9.17, 15) is 14.9 Å². The van der Waals surface area contributed by atoms with E-state index in [1.54, 1.807) is 30.5 Å². The van der Waals surface area contributed by atoms with Gasteiger partial charge in [-0.3, -0.25) is 14.5 Å². The number of benzene rings is 1. The van der Waals surface area contributed by atoms with Crippen LogP contribution in [-0.4, -0.2) is 25.9 Å². The van der Waals surface area contributed by atoms with E-state index in [0.717, 1.165) is 42.5 Å². The molecule has 35 heavy (non-hydrogen) atoms. The minimum Gasteiger partial charge on any atom is -0.497 e. The summed E-state index contributed by atoms with van der Waals surface area (Å²) in [5, 5.41) is 10.9. The second-order valence-electron chi connectivity index (χ2n) is 9.44. The number of aryl methyl sites for hydroxylation is 1. The Hall–Kier alpha value is -3.11. The van der Waals surface area contributed by atoms with Gasteiger partial charge in [0.2, 0.25) is 5.91 Å². The van der Waals surface area contributed by atoms with Gasteiger partial charge in [0.25, 0.3) is 0 Å². The predicted octanol–water partition coefficient (Wildman–Crippen LogP) is 5.82. The fourth-order valence-corrected chi connectivity index (χ4v) is 7.16. The average Bonchev–Trinajstić information content (AvgIpc) is 3.18. The van der Waals surface area contributed by atoms with Crippen molar-refractivity contribution < 1.29 is 19.1 Å². The molecule has 0 bridgehead atoms. The number of thiophene rings is 1. The third-order valence-electron chi connectivity index (χ3n) is 7.46. The number of hydrogen-bond donors (Lipinski definition) is 0. The molecular formula is C28H30N2O4S. The molecule has 1 aromatic heterocycles. The summed E-state index contributed by atoms with van der Waals surface area (Å²) in [6.45, 7) is 0. The summed E-state index contributed by atoms with van der Waals surface area (Å²) in [5.74, 6) is 0.911. The average molecular weight is 491 g/mol. The van der Waals surface area contributed by atoms with Crippen molar-refractivity contribution in [3.8, 4) is 17.6 Å². The number of Topliss-reactive ketones (excluding diaryl/α,β-unsaturated/α-hetero) is 1. The number of ketones is 1. The van der Waals surface area contributed by atoms with E-state index in [4.69, 9.17) is 9.47 Å². The van der Waals surface area contributed by atoms with E-state index in [0.29, 0.717) is 46.9 Å². The Bertz CT molecular complexity index is 1250. The minimum atomic E-state index is -0.391. The van der Waals surface area contributed by atoms with Gasteiger partial charge in [0.05, 0.1) is 19.8 Å². The van der Waals surface area contributed by atoms with Crippen LogP contribution in [0.25, 0.3) is 0 Å². The van der Waals surface area contributed by atoms with E-state index in [1.165, 1.54) is 17.7 Å². The zero-order chi connectivity index (χ0) is 24.5. The molecule has 1 aliphatic heterocycles. The molecule has 2 aliphatic carbocycles. The third-order valence-corrected chi connectivity index (χ3v) is 8.73. The molecule has 0 spiro atoms. The maximum absolute atomic E-state index is 13.8. The summed E-state index contributed by atoms with van der Waals surface area (Å²) in [7, 11) is 3.20. The zero-order valence-corrected chi connectivity index (χ0v) is 21.1. The van der Waals surface area contributed by atoms with Crippen LogP contribution in [0.5, 0.6) is 11.5 Å². The van der Waals surface area contributed by atoms with Gasteiger partial charge in [-0.05, 0) is 62.3 Å². The summed E-state index contributed by atoms with van der Waals surface area (Å²) >= 11 is 1.58. The molecule has 0 N–H and O–H groups in total. The van der Waals surface area contributed by atoms with E-state index in [1.807, 2.05) is 18.2 Å². The molecule has 3 aliphatic rings. The molecule has 182 valence electrons. The lowest BCUT2D eigenvalue weighted by atomic mass is 9.77. The maximum atomic E-state index is 13.8. The van der Waals surface area contributed by atoms with Gasteiger partial charge in [-0.15, -0.1) is 11.3 Å². The number of carbonyl (C=O) groups is 2. The van der Waals surface area contributed by atoms with Crippen LogP contribution in [-0.2, 0) is 22.4 Å². The number of amides is 1. The van der Waals surface area contributed by atoms with Gasteiger partial charge in [0.1, 0.15) is 22.6 Å². The van der Waals surface area contributed by atoms with Gasteiger partial charge in [0, 0.05) is 40.5 Å². The van der Waals surface area contributed by atoms with Gasteiger partial charge in [-0.25, -0.2) is 0 Å². The van der Waals surface area contributed by atoms with E-state index >= 15 is 0 Å².